The highest BCUT2D eigenvalue weighted by Gasteiger charge is 2.28. The molecule has 0 radical (unpaired) electrons. The summed E-state index contributed by atoms with van der Waals surface area (Å²) in [5.74, 6) is 2.21. The van der Waals surface area contributed by atoms with Gasteiger partial charge in [-0.05, 0) is 30.2 Å². The van der Waals surface area contributed by atoms with Crippen LogP contribution < -0.4 is 0 Å². The molecule has 21 heavy (non-hydrogen) atoms. The Morgan fingerprint density at radius 1 is 1.52 bits per heavy atom. The number of hydrogen-bond acceptors (Lipinski definition) is 6. The molecule has 0 N–H and O–H groups in total. The summed E-state index contributed by atoms with van der Waals surface area (Å²) in [5.41, 5.74) is 0.798. The topological polar surface area (TPSA) is 89.9 Å². The Labute approximate surface area is 122 Å². The quantitative estimate of drug-likeness (QED) is 0.785. The molecule has 0 unspecified atom stereocenters. The van der Waals surface area contributed by atoms with Crippen LogP contribution in [0.4, 0.5) is 0 Å². The molecule has 0 spiro atoms. The number of carbonyl (C=O) groups is 1. The molecule has 2 heterocycles. The monoisotopic (exact) mass is 290 g/mol. The molecule has 1 fully saturated rings. The van der Waals surface area contributed by atoms with E-state index >= 15 is 0 Å². The van der Waals surface area contributed by atoms with Crippen molar-refractivity contribution in [2.75, 3.05) is 7.05 Å². The third-order valence-electron chi connectivity index (χ3n) is 3.63. The van der Waals surface area contributed by atoms with Gasteiger partial charge in [0.2, 0.25) is 5.91 Å². The Morgan fingerprint density at radius 2 is 2.33 bits per heavy atom. The Bertz CT molecular complexity index is 630. The van der Waals surface area contributed by atoms with Gasteiger partial charge in [0, 0.05) is 25.5 Å². The third kappa shape index (κ3) is 3.26. The number of aryl methyl sites for hydroxylation is 2. The molecular formula is C13H18N6O2. The van der Waals surface area contributed by atoms with Gasteiger partial charge in [0.1, 0.15) is 17.3 Å². The summed E-state index contributed by atoms with van der Waals surface area (Å²) in [6.07, 6.45) is 2.71. The van der Waals surface area contributed by atoms with E-state index in [1.807, 2.05) is 13.0 Å². The van der Waals surface area contributed by atoms with E-state index in [0.717, 1.165) is 11.5 Å². The van der Waals surface area contributed by atoms with Crippen molar-refractivity contribution in [2.45, 2.75) is 45.2 Å². The molecule has 0 saturated heterocycles. The summed E-state index contributed by atoms with van der Waals surface area (Å²) in [6, 6.07) is 1.95. The van der Waals surface area contributed by atoms with Gasteiger partial charge in [-0.2, -0.15) is 0 Å². The highest BCUT2D eigenvalue weighted by molar-refractivity contribution is 5.75. The van der Waals surface area contributed by atoms with E-state index in [4.69, 9.17) is 4.52 Å². The maximum atomic E-state index is 12.1. The maximum absolute atomic E-state index is 12.1. The molecule has 0 atom stereocenters. The normalized spacial score (nSPS) is 14.4. The Hall–Kier alpha value is -2.25. The SMILES string of the molecule is Cc1nnnn1CCC(=O)N(C)Cc1cc(C2CC2)on1. The number of carbonyl (C=O) groups excluding carboxylic acids is 1. The van der Waals surface area contributed by atoms with Gasteiger partial charge >= 0.3 is 0 Å². The minimum absolute atomic E-state index is 0.0286. The van der Waals surface area contributed by atoms with Crippen molar-refractivity contribution in [2.24, 2.45) is 0 Å². The highest BCUT2D eigenvalue weighted by Crippen LogP contribution is 2.40. The minimum Gasteiger partial charge on any atom is -0.361 e. The molecular weight excluding hydrogens is 272 g/mol. The number of rotatable bonds is 6. The minimum atomic E-state index is 0.0286. The molecule has 1 saturated carbocycles. The third-order valence-corrected chi connectivity index (χ3v) is 3.63. The lowest BCUT2D eigenvalue weighted by atomic mass is 10.2. The average molecular weight is 290 g/mol. The fourth-order valence-corrected chi connectivity index (χ4v) is 2.14. The van der Waals surface area contributed by atoms with Crippen molar-refractivity contribution >= 4 is 5.91 Å². The van der Waals surface area contributed by atoms with Crippen LogP contribution in [0.3, 0.4) is 0 Å². The molecule has 8 heteroatoms. The first-order valence-electron chi connectivity index (χ1n) is 7.05. The summed E-state index contributed by atoms with van der Waals surface area (Å²) >= 11 is 0. The van der Waals surface area contributed by atoms with Crippen LogP contribution in [0.5, 0.6) is 0 Å². The lowest BCUT2D eigenvalue weighted by Crippen LogP contribution is -2.27. The first-order valence-corrected chi connectivity index (χ1v) is 7.05. The van der Waals surface area contributed by atoms with Crippen LogP contribution in [0.1, 0.15) is 42.5 Å². The van der Waals surface area contributed by atoms with Gasteiger partial charge in [0.15, 0.2) is 0 Å². The number of tetrazole rings is 1. The van der Waals surface area contributed by atoms with E-state index in [-0.39, 0.29) is 5.91 Å². The van der Waals surface area contributed by atoms with Crippen molar-refractivity contribution in [1.29, 1.82) is 0 Å². The fourth-order valence-electron chi connectivity index (χ4n) is 2.14. The number of hydrogen-bond donors (Lipinski definition) is 0. The van der Waals surface area contributed by atoms with Crippen LogP contribution in [-0.4, -0.2) is 43.2 Å². The van der Waals surface area contributed by atoms with Gasteiger partial charge in [-0.25, -0.2) is 4.68 Å². The molecule has 112 valence electrons. The van der Waals surface area contributed by atoms with Crippen molar-refractivity contribution in [3.8, 4) is 0 Å². The van der Waals surface area contributed by atoms with Crippen LogP contribution in [0, 0.1) is 6.92 Å². The largest absolute Gasteiger partial charge is 0.361 e. The second kappa shape index (κ2) is 5.63. The molecule has 2 aromatic rings. The van der Waals surface area contributed by atoms with Gasteiger partial charge in [-0.3, -0.25) is 4.79 Å². The van der Waals surface area contributed by atoms with Crippen LogP contribution in [0.2, 0.25) is 0 Å². The van der Waals surface area contributed by atoms with Crippen molar-refractivity contribution in [3.63, 3.8) is 0 Å². The predicted octanol–water partition coefficient (Wildman–Crippen LogP) is 0.896. The zero-order valence-electron chi connectivity index (χ0n) is 12.2. The van der Waals surface area contributed by atoms with E-state index in [2.05, 4.69) is 20.7 Å². The predicted molar refractivity (Wildman–Crippen MR) is 72.1 cm³/mol. The van der Waals surface area contributed by atoms with E-state index < -0.39 is 0 Å². The molecule has 2 aromatic heterocycles. The summed E-state index contributed by atoms with van der Waals surface area (Å²) in [4.78, 5) is 13.7. The number of nitrogens with zero attached hydrogens (tertiary/aromatic N) is 6. The Morgan fingerprint density at radius 3 is 3.00 bits per heavy atom. The first-order chi connectivity index (χ1) is 10.1. The lowest BCUT2D eigenvalue weighted by Gasteiger charge is -2.15. The standard InChI is InChI=1S/C13H18N6O2/c1-9-14-16-17-19(9)6-5-13(20)18(2)8-11-7-12(21-15-11)10-3-4-10/h7,10H,3-6,8H2,1-2H3. The molecule has 0 aliphatic heterocycles. The van der Waals surface area contributed by atoms with Crippen LogP contribution >= 0.6 is 0 Å². The van der Waals surface area contributed by atoms with Crippen LogP contribution in [0.15, 0.2) is 10.6 Å². The maximum Gasteiger partial charge on any atom is 0.224 e. The fraction of sp³-hybridized carbons (Fsp3) is 0.615. The average Bonchev–Trinajstić information content (AvgIpc) is 3.08. The Balaban J connectivity index is 1.50. The summed E-state index contributed by atoms with van der Waals surface area (Å²) < 4.78 is 6.90. The van der Waals surface area contributed by atoms with Gasteiger partial charge in [-0.1, -0.05) is 5.16 Å². The van der Waals surface area contributed by atoms with Crippen molar-refractivity contribution in [1.82, 2.24) is 30.3 Å². The van der Waals surface area contributed by atoms with Crippen molar-refractivity contribution < 1.29 is 9.32 Å². The highest BCUT2D eigenvalue weighted by atomic mass is 16.5. The zero-order chi connectivity index (χ0) is 14.8. The zero-order valence-corrected chi connectivity index (χ0v) is 12.2. The smallest absolute Gasteiger partial charge is 0.224 e. The lowest BCUT2D eigenvalue weighted by molar-refractivity contribution is -0.130. The summed E-state index contributed by atoms with van der Waals surface area (Å²) in [5, 5.41) is 15.2. The first kappa shape index (κ1) is 13.7. The van der Waals surface area contributed by atoms with Crippen LogP contribution in [0.25, 0.3) is 0 Å². The van der Waals surface area contributed by atoms with E-state index in [1.54, 1.807) is 16.6 Å². The molecule has 1 aliphatic rings. The molecule has 8 nitrogen and oxygen atoms in total. The van der Waals surface area contributed by atoms with E-state index in [9.17, 15) is 4.79 Å². The van der Waals surface area contributed by atoms with Gasteiger partial charge in [0.25, 0.3) is 0 Å². The summed E-state index contributed by atoms with van der Waals surface area (Å²) in [7, 11) is 1.76. The molecule has 0 bridgehead atoms. The molecule has 1 aliphatic carbocycles. The molecule has 0 aromatic carbocycles. The number of amides is 1. The van der Waals surface area contributed by atoms with Gasteiger partial charge in [-0.15, -0.1) is 5.10 Å². The molecule has 1 amide bonds. The van der Waals surface area contributed by atoms with Crippen molar-refractivity contribution in [3.05, 3.63) is 23.3 Å². The molecule has 3 rings (SSSR count). The second-order valence-corrected chi connectivity index (χ2v) is 5.44. The van der Waals surface area contributed by atoms with E-state index in [0.29, 0.717) is 31.3 Å². The number of aromatic nitrogens is 5. The van der Waals surface area contributed by atoms with Gasteiger partial charge in [0.05, 0.1) is 13.1 Å². The van der Waals surface area contributed by atoms with Crippen LogP contribution in [-0.2, 0) is 17.9 Å². The van der Waals surface area contributed by atoms with E-state index in [1.165, 1.54) is 12.8 Å². The summed E-state index contributed by atoms with van der Waals surface area (Å²) in [6.45, 7) is 2.75. The van der Waals surface area contributed by atoms with Gasteiger partial charge < -0.3 is 9.42 Å². The Kier molecular flexibility index (Phi) is 3.68. The second-order valence-electron chi connectivity index (χ2n) is 5.44.